The minimum atomic E-state index is -4.76. The first-order chi connectivity index (χ1) is 24.9. The highest BCUT2D eigenvalue weighted by atomic mass is 35.5. The van der Waals surface area contributed by atoms with Crippen molar-refractivity contribution in [3.8, 4) is 0 Å². The van der Waals surface area contributed by atoms with Crippen molar-refractivity contribution in [3.05, 3.63) is 70.4 Å². The lowest BCUT2D eigenvalue weighted by Crippen LogP contribution is -2.56. The number of piperidine rings is 2. The fourth-order valence-corrected chi connectivity index (χ4v) is 8.60. The van der Waals surface area contributed by atoms with Crippen LogP contribution in [0.3, 0.4) is 0 Å². The van der Waals surface area contributed by atoms with Crippen molar-refractivity contribution in [1.82, 2.24) is 24.5 Å². The standard InChI is InChI=1S/C37H45ClF3N7O4/c38-30-21-24(20-29(33(30)42)37(39,40)41)22-32(34(49)45-13-8-26(9-14-45)47-19-18-44-12-3-5-28(44)23-47)52-36(51)46-15-10-27(11-16-46)48-17-7-25-4-1-2-6-31(25)43-35(48)50/h1-4,6,12,20-21,26-28,32H,5,7-11,13-19,22-23,42H2,(H,43,50)/t28-,32?/m1/s1. The van der Waals surface area contributed by atoms with Gasteiger partial charge in [0.25, 0.3) is 5.91 Å². The number of benzene rings is 2. The third-order valence-electron chi connectivity index (χ3n) is 11.3. The summed E-state index contributed by atoms with van der Waals surface area (Å²) in [5, 5.41) is 2.70. The van der Waals surface area contributed by atoms with Gasteiger partial charge in [-0.15, -0.1) is 0 Å². The van der Waals surface area contributed by atoms with E-state index in [-0.39, 0.29) is 29.1 Å². The fourth-order valence-electron chi connectivity index (χ4n) is 8.35. The lowest BCUT2D eigenvalue weighted by atomic mass is 9.98. The van der Waals surface area contributed by atoms with E-state index in [1.54, 1.807) is 4.90 Å². The minimum Gasteiger partial charge on any atom is -0.436 e. The third-order valence-corrected chi connectivity index (χ3v) is 11.6. The van der Waals surface area contributed by atoms with E-state index in [1.165, 1.54) is 11.0 Å². The molecule has 7 rings (SSSR count). The highest BCUT2D eigenvalue weighted by molar-refractivity contribution is 6.33. The maximum atomic E-state index is 14.1. The Bertz CT molecular complexity index is 1690. The smallest absolute Gasteiger partial charge is 0.418 e. The Kier molecular flexibility index (Phi) is 10.5. The van der Waals surface area contributed by atoms with Crippen LogP contribution in [0.2, 0.25) is 5.02 Å². The number of urea groups is 1. The number of alkyl halides is 3. The molecule has 5 aliphatic rings. The first kappa shape index (κ1) is 36.2. The number of halogens is 4. The van der Waals surface area contributed by atoms with Crippen LogP contribution in [0.4, 0.5) is 34.1 Å². The van der Waals surface area contributed by atoms with E-state index >= 15 is 0 Å². The van der Waals surface area contributed by atoms with Crippen molar-refractivity contribution in [1.29, 1.82) is 0 Å². The molecule has 3 fully saturated rings. The van der Waals surface area contributed by atoms with Gasteiger partial charge in [0.2, 0.25) is 0 Å². The monoisotopic (exact) mass is 743 g/mol. The number of hydrogen-bond donors (Lipinski definition) is 2. The van der Waals surface area contributed by atoms with Gasteiger partial charge in [-0.05, 0) is 74.1 Å². The van der Waals surface area contributed by atoms with Gasteiger partial charge in [-0.3, -0.25) is 9.69 Å². The Hall–Kier alpha value is -4.17. The van der Waals surface area contributed by atoms with Gasteiger partial charge < -0.3 is 35.4 Å². The second-order valence-electron chi connectivity index (χ2n) is 14.4. The van der Waals surface area contributed by atoms with Crippen molar-refractivity contribution >= 4 is 41.0 Å². The van der Waals surface area contributed by atoms with Gasteiger partial charge in [0, 0.05) is 82.6 Å². The summed E-state index contributed by atoms with van der Waals surface area (Å²) in [6, 6.07) is 10.4. The number of amides is 4. The molecule has 0 saturated carbocycles. The van der Waals surface area contributed by atoms with Crippen molar-refractivity contribution in [2.45, 2.75) is 75.4 Å². The van der Waals surface area contributed by atoms with Crippen LogP contribution >= 0.6 is 11.6 Å². The quantitative estimate of drug-likeness (QED) is 0.379. The number of ether oxygens (including phenoxy) is 1. The van der Waals surface area contributed by atoms with Crippen molar-refractivity contribution in [2.75, 3.05) is 63.4 Å². The highest BCUT2D eigenvalue weighted by Gasteiger charge is 2.39. The molecular weight excluding hydrogens is 699 g/mol. The van der Waals surface area contributed by atoms with Gasteiger partial charge in [-0.25, -0.2) is 9.59 Å². The molecule has 0 aromatic heterocycles. The molecule has 11 nitrogen and oxygen atoms in total. The third kappa shape index (κ3) is 7.78. The second kappa shape index (κ2) is 15.1. The number of piperazine rings is 1. The predicted octanol–water partition coefficient (Wildman–Crippen LogP) is 5.44. The van der Waals surface area contributed by atoms with Crippen molar-refractivity contribution in [3.63, 3.8) is 0 Å². The van der Waals surface area contributed by atoms with Gasteiger partial charge in [0.05, 0.1) is 16.3 Å². The summed E-state index contributed by atoms with van der Waals surface area (Å²) in [5.41, 5.74) is 5.92. The number of carbonyl (C=O) groups excluding carboxylic acids is 3. The molecule has 3 N–H and O–H groups in total. The average Bonchev–Trinajstić information content (AvgIpc) is 3.54. The molecule has 0 aliphatic carbocycles. The van der Waals surface area contributed by atoms with Crippen molar-refractivity contribution in [2.24, 2.45) is 0 Å². The van der Waals surface area contributed by atoms with Crippen LogP contribution < -0.4 is 11.1 Å². The first-order valence-corrected chi connectivity index (χ1v) is 18.5. The van der Waals surface area contributed by atoms with Gasteiger partial charge in [-0.2, -0.15) is 13.2 Å². The summed E-state index contributed by atoms with van der Waals surface area (Å²) >= 11 is 6.13. The number of anilines is 2. The molecule has 4 amide bonds. The van der Waals surface area contributed by atoms with Crippen LogP contribution in [-0.2, 0) is 28.5 Å². The number of nitrogens with two attached hydrogens (primary N) is 1. The van der Waals surface area contributed by atoms with Crippen LogP contribution in [0, 0.1) is 0 Å². The van der Waals surface area contributed by atoms with E-state index < -0.39 is 35.5 Å². The largest absolute Gasteiger partial charge is 0.436 e. The number of fused-ring (bicyclic) bond motifs is 2. The number of nitrogens with zero attached hydrogens (tertiary/aromatic N) is 5. The number of hydrogen-bond acceptors (Lipinski definition) is 7. The van der Waals surface area contributed by atoms with Crippen LogP contribution in [0.15, 0.2) is 48.7 Å². The summed E-state index contributed by atoms with van der Waals surface area (Å²) in [4.78, 5) is 50.7. The summed E-state index contributed by atoms with van der Waals surface area (Å²) in [5.74, 6) is -0.450. The molecule has 1 unspecified atom stereocenters. The minimum absolute atomic E-state index is 0.0856. The summed E-state index contributed by atoms with van der Waals surface area (Å²) in [7, 11) is 0. The second-order valence-corrected chi connectivity index (χ2v) is 14.8. The number of likely N-dealkylation sites (tertiary alicyclic amines) is 2. The maximum absolute atomic E-state index is 14.1. The molecule has 5 aliphatic heterocycles. The van der Waals surface area contributed by atoms with E-state index in [4.69, 9.17) is 22.1 Å². The Balaban J connectivity index is 1.01. The molecule has 0 spiro atoms. The zero-order valence-corrected chi connectivity index (χ0v) is 29.7. The Morgan fingerprint density at radius 2 is 1.65 bits per heavy atom. The van der Waals surface area contributed by atoms with E-state index in [0.29, 0.717) is 64.1 Å². The first-order valence-electron chi connectivity index (χ1n) is 18.2. The topological polar surface area (TPSA) is 115 Å². The molecule has 52 heavy (non-hydrogen) atoms. The molecule has 2 aromatic rings. The molecule has 0 radical (unpaired) electrons. The predicted molar refractivity (Wildman–Crippen MR) is 191 cm³/mol. The van der Waals surface area contributed by atoms with Gasteiger partial charge in [0.1, 0.15) is 0 Å². The maximum Gasteiger partial charge on any atom is 0.418 e. The molecule has 280 valence electrons. The molecule has 3 saturated heterocycles. The molecule has 15 heteroatoms. The zero-order valence-electron chi connectivity index (χ0n) is 29.0. The Morgan fingerprint density at radius 3 is 2.40 bits per heavy atom. The lowest BCUT2D eigenvalue weighted by Gasteiger charge is -2.45. The van der Waals surface area contributed by atoms with E-state index in [9.17, 15) is 27.6 Å². The Labute approximate surface area is 306 Å². The van der Waals surface area contributed by atoms with Crippen molar-refractivity contribution < 1.29 is 32.3 Å². The van der Waals surface area contributed by atoms with Crippen LogP contribution in [-0.4, -0.2) is 119 Å². The normalized spacial score (nSPS) is 22.5. The Morgan fingerprint density at radius 1 is 0.942 bits per heavy atom. The lowest BCUT2D eigenvalue weighted by molar-refractivity contribution is -0.142. The summed E-state index contributed by atoms with van der Waals surface area (Å²) in [6.45, 7) is 4.92. The van der Waals surface area contributed by atoms with Crippen LogP contribution in [0.1, 0.15) is 48.8 Å². The summed E-state index contributed by atoms with van der Waals surface area (Å²) < 4.78 is 47.4. The average molecular weight is 744 g/mol. The number of para-hydroxylation sites is 1. The van der Waals surface area contributed by atoms with Gasteiger partial charge in [0.15, 0.2) is 6.10 Å². The summed E-state index contributed by atoms with van der Waals surface area (Å²) in [6.07, 6.45) is 1.49. The van der Waals surface area contributed by atoms with Crippen LogP contribution in [0.25, 0.3) is 0 Å². The highest BCUT2D eigenvalue weighted by Crippen LogP contribution is 2.38. The molecular formula is C37H45ClF3N7O4. The van der Waals surface area contributed by atoms with Crippen LogP contribution in [0.5, 0.6) is 0 Å². The van der Waals surface area contributed by atoms with Gasteiger partial charge in [-0.1, -0.05) is 35.9 Å². The molecule has 5 heterocycles. The van der Waals surface area contributed by atoms with E-state index in [2.05, 4.69) is 27.4 Å². The number of nitrogens with one attached hydrogen (secondary N) is 1. The fraction of sp³-hybridized carbons (Fsp3) is 0.541. The number of rotatable bonds is 6. The van der Waals surface area contributed by atoms with E-state index in [0.717, 1.165) is 56.2 Å². The molecule has 2 atom stereocenters. The SMILES string of the molecule is Nc1c(Cl)cc(CC(OC(=O)N2CCC(N3CCc4ccccc4NC3=O)CC2)C(=O)N2CCC(N3CCN4C=CC[C@@H]4C3)CC2)cc1C(F)(F)F. The van der Waals surface area contributed by atoms with E-state index in [1.807, 2.05) is 29.2 Å². The number of carbonyl (C=O) groups is 3. The molecule has 2 aromatic carbocycles. The number of nitrogen functional groups attached to an aromatic ring is 1. The molecule has 0 bridgehead atoms. The van der Waals surface area contributed by atoms with Gasteiger partial charge >= 0.3 is 18.3 Å². The zero-order chi connectivity index (χ0) is 36.6.